The van der Waals surface area contributed by atoms with Crippen LogP contribution in [-0.2, 0) is 0 Å². The maximum atomic E-state index is 10.7. The van der Waals surface area contributed by atoms with Crippen molar-refractivity contribution in [2.75, 3.05) is 5.73 Å². The van der Waals surface area contributed by atoms with Gasteiger partial charge in [0.25, 0.3) is 5.69 Å². The standard InChI is InChI=1S/C13H12N4O2/c1-9-3-2-4-10(7-9)15-16-11-5-6-12(14)13(8-11)17(18)19/h2-8H,14H2,1H3. The van der Waals surface area contributed by atoms with Gasteiger partial charge in [0.15, 0.2) is 0 Å². The lowest BCUT2D eigenvalue weighted by Gasteiger charge is -1.98. The van der Waals surface area contributed by atoms with Crippen molar-refractivity contribution in [3.05, 3.63) is 58.1 Å². The van der Waals surface area contributed by atoms with Gasteiger partial charge in [-0.2, -0.15) is 10.2 Å². The van der Waals surface area contributed by atoms with E-state index in [1.165, 1.54) is 12.1 Å². The zero-order valence-corrected chi connectivity index (χ0v) is 10.3. The van der Waals surface area contributed by atoms with Crippen LogP contribution in [0.1, 0.15) is 5.56 Å². The number of nitrogens with zero attached hydrogens (tertiary/aromatic N) is 3. The Kier molecular flexibility index (Phi) is 3.51. The third-order valence-electron chi connectivity index (χ3n) is 2.49. The van der Waals surface area contributed by atoms with E-state index >= 15 is 0 Å². The minimum atomic E-state index is -0.541. The Morgan fingerprint density at radius 2 is 1.79 bits per heavy atom. The summed E-state index contributed by atoms with van der Waals surface area (Å²) in [6.07, 6.45) is 0. The SMILES string of the molecule is Cc1cccc(N=Nc2ccc(N)c([N+](=O)[O-])c2)c1. The molecule has 0 bridgehead atoms. The van der Waals surface area contributed by atoms with Crippen LogP contribution in [0.3, 0.4) is 0 Å². The van der Waals surface area contributed by atoms with Crippen molar-refractivity contribution in [2.45, 2.75) is 6.92 Å². The molecular formula is C13H12N4O2. The van der Waals surface area contributed by atoms with Crippen molar-refractivity contribution in [1.82, 2.24) is 0 Å². The molecule has 0 saturated carbocycles. The van der Waals surface area contributed by atoms with Gasteiger partial charge < -0.3 is 5.73 Å². The molecule has 0 aliphatic carbocycles. The Morgan fingerprint density at radius 1 is 1.11 bits per heavy atom. The summed E-state index contributed by atoms with van der Waals surface area (Å²) in [5, 5.41) is 18.7. The molecule has 0 unspecified atom stereocenters. The topological polar surface area (TPSA) is 93.9 Å². The molecule has 0 aromatic heterocycles. The van der Waals surface area contributed by atoms with Crippen LogP contribution in [0, 0.1) is 17.0 Å². The van der Waals surface area contributed by atoms with Gasteiger partial charge in [-0.15, -0.1) is 0 Å². The van der Waals surface area contributed by atoms with Gasteiger partial charge in [0.1, 0.15) is 5.69 Å². The lowest BCUT2D eigenvalue weighted by atomic mass is 10.2. The summed E-state index contributed by atoms with van der Waals surface area (Å²) in [4.78, 5) is 10.2. The fourth-order valence-corrected chi connectivity index (χ4v) is 1.56. The molecule has 19 heavy (non-hydrogen) atoms. The summed E-state index contributed by atoms with van der Waals surface area (Å²) in [6, 6.07) is 11.8. The number of nitrogens with two attached hydrogens (primary N) is 1. The number of hydrogen-bond donors (Lipinski definition) is 1. The van der Waals surface area contributed by atoms with Gasteiger partial charge in [0.05, 0.1) is 16.3 Å². The molecule has 0 saturated heterocycles. The summed E-state index contributed by atoms with van der Waals surface area (Å²) < 4.78 is 0. The number of nitrogen functional groups attached to an aromatic ring is 1. The van der Waals surface area contributed by atoms with Crippen molar-refractivity contribution < 1.29 is 4.92 Å². The van der Waals surface area contributed by atoms with Crippen LogP contribution in [0.4, 0.5) is 22.7 Å². The van der Waals surface area contributed by atoms with Gasteiger partial charge in [-0.3, -0.25) is 10.1 Å². The second-order valence-corrected chi connectivity index (χ2v) is 4.04. The first kappa shape index (κ1) is 12.7. The molecule has 6 heteroatoms. The van der Waals surface area contributed by atoms with E-state index in [9.17, 15) is 10.1 Å². The van der Waals surface area contributed by atoms with Crippen LogP contribution in [0.15, 0.2) is 52.7 Å². The van der Waals surface area contributed by atoms with Crippen molar-refractivity contribution in [1.29, 1.82) is 0 Å². The zero-order chi connectivity index (χ0) is 13.8. The molecule has 0 radical (unpaired) electrons. The van der Waals surface area contributed by atoms with Crippen molar-refractivity contribution in [3.63, 3.8) is 0 Å². The smallest absolute Gasteiger partial charge is 0.294 e. The lowest BCUT2D eigenvalue weighted by molar-refractivity contribution is -0.383. The predicted molar refractivity (Wildman–Crippen MR) is 72.9 cm³/mol. The van der Waals surface area contributed by atoms with E-state index in [1.54, 1.807) is 6.07 Å². The van der Waals surface area contributed by atoms with Gasteiger partial charge in [-0.1, -0.05) is 12.1 Å². The minimum absolute atomic E-state index is 0.111. The minimum Gasteiger partial charge on any atom is -0.393 e. The number of nitro groups is 1. The molecule has 0 aliphatic rings. The maximum Gasteiger partial charge on any atom is 0.294 e. The van der Waals surface area contributed by atoms with Gasteiger partial charge in [0, 0.05) is 6.07 Å². The normalized spacial score (nSPS) is 10.8. The average Bonchev–Trinajstić information content (AvgIpc) is 2.37. The van der Waals surface area contributed by atoms with E-state index in [2.05, 4.69) is 10.2 Å². The largest absolute Gasteiger partial charge is 0.393 e. The molecule has 96 valence electrons. The molecule has 0 spiro atoms. The summed E-state index contributed by atoms with van der Waals surface area (Å²) in [7, 11) is 0. The summed E-state index contributed by atoms with van der Waals surface area (Å²) in [6.45, 7) is 1.95. The van der Waals surface area contributed by atoms with E-state index in [1.807, 2.05) is 31.2 Å². The second kappa shape index (κ2) is 5.26. The van der Waals surface area contributed by atoms with E-state index < -0.39 is 4.92 Å². The quantitative estimate of drug-likeness (QED) is 0.390. The molecule has 0 aliphatic heterocycles. The molecule has 2 rings (SSSR count). The molecule has 0 amide bonds. The number of nitro benzene ring substituents is 1. The van der Waals surface area contributed by atoms with Crippen molar-refractivity contribution in [3.8, 4) is 0 Å². The molecule has 0 fully saturated rings. The van der Waals surface area contributed by atoms with E-state index in [0.29, 0.717) is 11.4 Å². The zero-order valence-electron chi connectivity index (χ0n) is 10.3. The average molecular weight is 256 g/mol. The maximum absolute atomic E-state index is 10.7. The Balaban J connectivity index is 2.29. The predicted octanol–water partition coefficient (Wildman–Crippen LogP) is 3.90. The van der Waals surface area contributed by atoms with E-state index in [4.69, 9.17) is 5.73 Å². The Labute approximate surface area is 109 Å². The highest BCUT2D eigenvalue weighted by Gasteiger charge is 2.11. The van der Waals surface area contributed by atoms with Gasteiger partial charge >= 0.3 is 0 Å². The first-order valence-corrected chi connectivity index (χ1v) is 5.58. The number of aryl methyl sites for hydroxylation is 1. The van der Waals surface area contributed by atoms with Gasteiger partial charge in [0.2, 0.25) is 0 Å². The van der Waals surface area contributed by atoms with Gasteiger partial charge in [-0.25, -0.2) is 0 Å². The Hall–Kier alpha value is -2.76. The summed E-state index contributed by atoms with van der Waals surface area (Å²) in [5.74, 6) is 0. The molecular weight excluding hydrogens is 244 g/mol. The first-order chi connectivity index (χ1) is 9.06. The Bertz CT molecular complexity index is 653. The van der Waals surface area contributed by atoms with Gasteiger partial charge in [-0.05, 0) is 36.8 Å². The summed E-state index contributed by atoms with van der Waals surface area (Å²) >= 11 is 0. The van der Waals surface area contributed by atoms with Crippen LogP contribution in [0.25, 0.3) is 0 Å². The van der Waals surface area contributed by atoms with Crippen molar-refractivity contribution >= 4 is 22.7 Å². The van der Waals surface area contributed by atoms with Crippen LogP contribution in [0.2, 0.25) is 0 Å². The monoisotopic (exact) mass is 256 g/mol. The van der Waals surface area contributed by atoms with Crippen LogP contribution in [-0.4, -0.2) is 4.92 Å². The molecule has 2 aromatic rings. The Morgan fingerprint density at radius 3 is 2.42 bits per heavy atom. The molecule has 6 nitrogen and oxygen atoms in total. The fraction of sp³-hybridized carbons (Fsp3) is 0.0769. The fourth-order valence-electron chi connectivity index (χ4n) is 1.56. The number of anilines is 1. The molecule has 2 aromatic carbocycles. The third-order valence-corrected chi connectivity index (χ3v) is 2.49. The molecule has 0 atom stereocenters. The lowest BCUT2D eigenvalue weighted by Crippen LogP contribution is -1.94. The third kappa shape index (κ3) is 3.12. The summed E-state index contributed by atoms with van der Waals surface area (Å²) in [5.41, 5.74) is 7.60. The van der Waals surface area contributed by atoms with Crippen LogP contribution >= 0.6 is 0 Å². The number of rotatable bonds is 3. The molecule has 0 heterocycles. The highest BCUT2D eigenvalue weighted by atomic mass is 16.6. The van der Waals surface area contributed by atoms with E-state index in [0.717, 1.165) is 5.56 Å². The first-order valence-electron chi connectivity index (χ1n) is 5.58. The van der Waals surface area contributed by atoms with E-state index in [-0.39, 0.29) is 11.4 Å². The molecule has 2 N–H and O–H groups in total. The second-order valence-electron chi connectivity index (χ2n) is 4.04. The number of hydrogen-bond acceptors (Lipinski definition) is 5. The number of azo groups is 1. The highest BCUT2D eigenvalue weighted by molar-refractivity contribution is 5.63. The highest BCUT2D eigenvalue weighted by Crippen LogP contribution is 2.28. The van der Waals surface area contributed by atoms with Crippen LogP contribution < -0.4 is 5.73 Å². The number of benzene rings is 2. The van der Waals surface area contributed by atoms with Crippen molar-refractivity contribution in [2.24, 2.45) is 10.2 Å². The van der Waals surface area contributed by atoms with Crippen LogP contribution in [0.5, 0.6) is 0 Å².